The number of rotatable bonds is 2. The van der Waals surface area contributed by atoms with Crippen molar-refractivity contribution in [3.8, 4) is 11.4 Å². The van der Waals surface area contributed by atoms with Gasteiger partial charge in [0.05, 0.1) is 23.8 Å². The second-order valence-corrected chi connectivity index (χ2v) is 5.56. The number of fused-ring (bicyclic) bond motifs is 1. The zero-order chi connectivity index (χ0) is 14.3. The standard InChI is InChI=1S/C15H14BrN3O/c1-9-3-4-13-14(5-9)19(15(17)18-13)11-6-10(16)7-12(8-11)20-2/h3-8H,1-2H3,(H2,17,18). The summed E-state index contributed by atoms with van der Waals surface area (Å²) >= 11 is 3.49. The van der Waals surface area contributed by atoms with Crippen molar-refractivity contribution in [2.75, 3.05) is 12.8 Å². The van der Waals surface area contributed by atoms with E-state index in [-0.39, 0.29) is 0 Å². The van der Waals surface area contributed by atoms with Crippen molar-refractivity contribution in [2.45, 2.75) is 6.92 Å². The quantitative estimate of drug-likeness (QED) is 0.779. The minimum atomic E-state index is 0.464. The lowest BCUT2D eigenvalue weighted by molar-refractivity contribution is 0.414. The van der Waals surface area contributed by atoms with E-state index >= 15 is 0 Å². The SMILES string of the molecule is COc1cc(Br)cc(-n2c(N)nc3ccc(C)cc32)c1. The van der Waals surface area contributed by atoms with Crippen molar-refractivity contribution in [3.05, 3.63) is 46.4 Å². The molecule has 0 spiro atoms. The zero-order valence-corrected chi connectivity index (χ0v) is 12.8. The number of nitrogens with two attached hydrogens (primary N) is 1. The van der Waals surface area contributed by atoms with Crippen LogP contribution in [0.1, 0.15) is 5.56 Å². The summed E-state index contributed by atoms with van der Waals surface area (Å²) in [5.74, 6) is 1.23. The first kappa shape index (κ1) is 13.0. The Hall–Kier alpha value is -2.01. The molecule has 0 aliphatic carbocycles. The fourth-order valence-electron chi connectivity index (χ4n) is 2.27. The molecule has 0 aliphatic heterocycles. The molecule has 1 heterocycles. The van der Waals surface area contributed by atoms with E-state index in [4.69, 9.17) is 10.5 Å². The van der Waals surface area contributed by atoms with Crippen LogP contribution in [0.4, 0.5) is 5.95 Å². The first-order valence-electron chi connectivity index (χ1n) is 6.18. The lowest BCUT2D eigenvalue weighted by atomic mass is 10.2. The molecule has 1 aromatic heterocycles. The summed E-state index contributed by atoms with van der Waals surface area (Å²) in [4.78, 5) is 4.40. The molecule has 2 aromatic carbocycles. The van der Waals surface area contributed by atoms with Gasteiger partial charge in [0, 0.05) is 10.5 Å². The maximum absolute atomic E-state index is 6.07. The molecule has 0 saturated heterocycles. The molecule has 3 aromatic rings. The van der Waals surface area contributed by atoms with Crippen LogP contribution < -0.4 is 10.5 Å². The molecular weight excluding hydrogens is 318 g/mol. The monoisotopic (exact) mass is 331 g/mol. The van der Waals surface area contributed by atoms with Gasteiger partial charge in [0.15, 0.2) is 0 Å². The largest absolute Gasteiger partial charge is 0.497 e. The van der Waals surface area contributed by atoms with Crippen molar-refractivity contribution in [2.24, 2.45) is 0 Å². The summed E-state index contributed by atoms with van der Waals surface area (Å²) < 4.78 is 8.16. The Kier molecular flexibility index (Phi) is 3.14. The van der Waals surface area contributed by atoms with Gasteiger partial charge in [-0.2, -0.15) is 0 Å². The zero-order valence-electron chi connectivity index (χ0n) is 11.2. The minimum Gasteiger partial charge on any atom is -0.497 e. The van der Waals surface area contributed by atoms with E-state index in [1.807, 2.05) is 34.9 Å². The predicted molar refractivity (Wildman–Crippen MR) is 84.5 cm³/mol. The third-order valence-corrected chi connectivity index (χ3v) is 3.64. The number of hydrogen-bond acceptors (Lipinski definition) is 3. The molecule has 0 aliphatic rings. The first-order chi connectivity index (χ1) is 9.58. The maximum Gasteiger partial charge on any atom is 0.205 e. The van der Waals surface area contributed by atoms with Crippen molar-refractivity contribution < 1.29 is 4.74 Å². The summed E-state index contributed by atoms with van der Waals surface area (Å²) in [5, 5.41) is 0. The fourth-order valence-corrected chi connectivity index (χ4v) is 2.73. The summed E-state index contributed by atoms with van der Waals surface area (Å²) in [7, 11) is 1.64. The van der Waals surface area contributed by atoms with Crippen LogP contribution in [0.2, 0.25) is 0 Å². The van der Waals surface area contributed by atoms with Gasteiger partial charge < -0.3 is 10.5 Å². The molecule has 0 saturated carbocycles. The van der Waals surface area contributed by atoms with Crippen molar-refractivity contribution in [3.63, 3.8) is 0 Å². The minimum absolute atomic E-state index is 0.464. The van der Waals surface area contributed by atoms with Gasteiger partial charge in [-0.05, 0) is 36.8 Å². The summed E-state index contributed by atoms with van der Waals surface area (Å²) in [6, 6.07) is 11.9. The van der Waals surface area contributed by atoms with E-state index in [1.165, 1.54) is 5.56 Å². The number of nitrogens with zero attached hydrogens (tertiary/aromatic N) is 2. The van der Waals surface area contributed by atoms with E-state index in [0.717, 1.165) is 26.9 Å². The summed E-state index contributed by atoms with van der Waals surface area (Å²) in [6.07, 6.45) is 0. The molecule has 3 rings (SSSR count). The molecule has 0 radical (unpaired) electrons. The lowest BCUT2D eigenvalue weighted by Gasteiger charge is -2.10. The molecule has 2 N–H and O–H groups in total. The van der Waals surface area contributed by atoms with Gasteiger partial charge in [-0.15, -0.1) is 0 Å². The number of aryl methyl sites for hydroxylation is 1. The number of halogens is 1. The highest BCUT2D eigenvalue weighted by molar-refractivity contribution is 9.10. The molecule has 0 atom stereocenters. The van der Waals surface area contributed by atoms with E-state index in [9.17, 15) is 0 Å². The normalized spacial score (nSPS) is 10.9. The highest BCUT2D eigenvalue weighted by atomic mass is 79.9. The Bertz CT molecular complexity index is 795. The Morgan fingerprint density at radius 2 is 2.00 bits per heavy atom. The molecule has 0 bridgehead atoms. The van der Waals surface area contributed by atoms with Gasteiger partial charge in [0.1, 0.15) is 5.75 Å². The molecule has 0 amide bonds. The third kappa shape index (κ3) is 2.14. The van der Waals surface area contributed by atoms with Crippen LogP contribution in [0, 0.1) is 6.92 Å². The van der Waals surface area contributed by atoms with Crippen LogP contribution in [0.5, 0.6) is 5.75 Å². The Morgan fingerprint density at radius 3 is 2.75 bits per heavy atom. The third-order valence-electron chi connectivity index (χ3n) is 3.19. The van der Waals surface area contributed by atoms with Gasteiger partial charge in [-0.1, -0.05) is 22.0 Å². The second-order valence-electron chi connectivity index (χ2n) is 4.65. The topological polar surface area (TPSA) is 53.1 Å². The van der Waals surface area contributed by atoms with Crippen molar-refractivity contribution >= 4 is 32.9 Å². The van der Waals surface area contributed by atoms with Gasteiger partial charge >= 0.3 is 0 Å². The van der Waals surface area contributed by atoms with Crippen molar-refractivity contribution in [1.29, 1.82) is 0 Å². The number of imidazole rings is 1. The number of aromatic nitrogens is 2. The molecular formula is C15H14BrN3O. The summed E-state index contributed by atoms with van der Waals surface area (Å²) in [6.45, 7) is 2.05. The number of anilines is 1. The van der Waals surface area contributed by atoms with Gasteiger partial charge in [0.2, 0.25) is 5.95 Å². The number of ether oxygens (including phenoxy) is 1. The first-order valence-corrected chi connectivity index (χ1v) is 6.97. The predicted octanol–water partition coefficient (Wildman–Crippen LogP) is 3.69. The van der Waals surface area contributed by atoms with Crippen LogP contribution in [0.15, 0.2) is 40.9 Å². The van der Waals surface area contributed by atoms with Gasteiger partial charge in [0.25, 0.3) is 0 Å². The fraction of sp³-hybridized carbons (Fsp3) is 0.133. The number of nitrogen functional groups attached to an aromatic ring is 1. The second kappa shape index (κ2) is 4.83. The Balaban J connectivity index is 2.31. The molecule has 4 nitrogen and oxygen atoms in total. The van der Waals surface area contributed by atoms with Crippen molar-refractivity contribution in [1.82, 2.24) is 9.55 Å². The van der Waals surface area contributed by atoms with Crippen LogP contribution >= 0.6 is 15.9 Å². The van der Waals surface area contributed by atoms with E-state index < -0.39 is 0 Å². The Labute approximate surface area is 125 Å². The Morgan fingerprint density at radius 1 is 1.20 bits per heavy atom. The van der Waals surface area contributed by atoms with E-state index in [1.54, 1.807) is 7.11 Å². The van der Waals surface area contributed by atoms with E-state index in [2.05, 4.69) is 33.9 Å². The van der Waals surface area contributed by atoms with Crippen LogP contribution in [-0.2, 0) is 0 Å². The highest BCUT2D eigenvalue weighted by Gasteiger charge is 2.11. The molecule has 0 unspecified atom stereocenters. The van der Waals surface area contributed by atoms with Gasteiger partial charge in [-0.3, -0.25) is 4.57 Å². The van der Waals surface area contributed by atoms with Crippen LogP contribution in [0.3, 0.4) is 0 Å². The highest BCUT2D eigenvalue weighted by Crippen LogP contribution is 2.29. The average molecular weight is 332 g/mol. The lowest BCUT2D eigenvalue weighted by Crippen LogP contribution is -2.01. The van der Waals surface area contributed by atoms with Crippen LogP contribution in [-0.4, -0.2) is 16.7 Å². The molecule has 20 heavy (non-hydrogen) atoms. The number of methoxy groups -OCH3 is 1. The number of benzene rings is 2. The summed E-state index contributed by atoms with van der Waals surface area (Å²) in [5.41, 5.74) is 10.0. The average Bonchev–Trinajstić information content (AvgIpc) is 2.73. The molecule has 5 heteroatoms. The maximum atomic E-state index is 6.07. The number of hydrogen-bond donors (Lipinski definition) is 1. The van der Waals surface area contributed by atoms with Gasteiger partial charge in [-0.25, -0.2) is 4.98 Å². The smallest absolute Gasteiger partial charge is 0.205 e. The van der Waals surface area contributed by atoms with Crippen LogP contribution in [0.25, 0.3) is 16.7 Å². The van der Waals surface area contributed by atoms with E-state index in [0.29, 0.717) is 5.95 Å². The molecule has 102 valence electrons. The molecule has 0 fully saturated rings.